The van der Waals surface area contributed by atoms with E-state index in [0.717, 1.165) is 41.8 Å². The summed E-state index contributed by atoms with van der Waals surface area (Å²) < 4.78 is 13.0. The highest BCUT2D eigenvalue weighted by molar-refractivity contribution is 6.30. The molecular weight excluding hydrogens is 488 g/mol. The van der Waals surface area contributed by atoms with E-state index in [1.165, 1.54) is 7.11 Å². The fourth-order valence-electron chi connectivity index (χ4n) is 4.15. The van der Waals surface area contributed by atoms with Crippen molar-refractivity contribution in [3.8, 4) is 16.9 Å². The Morgan fingerprint density at radius 2 is 1.68 bits per heavy atom. The standard InChI is InChI=1S/C30H31ClN2O4/c1-3-4-10-27-32-26(20-34)29(31)33(27)19-21-11-17-25(18-12-21)37-28(30(35)36-2)24-15-13-23(14-16-24)22-8-6-5-7-9-22/h5-9,11-18,28,34H,3-4,10,19-20H2,1-2H3. The summed E-state index contributed by atoms with van der Waals surface area (Å²) in [5.41, 5.74) is 4.35. The van der Waals surface area contributed by atoms with Crippen LogP contribution in [0, 0.1) is 0 Å². The van der Waals surface area contributed by atoms with Crippen molar-refractivity contribution in [2.24, 2.45) is 0 Å². The van der Waals surface area contributed by atoms with E-state index in [9.17, 15) is 9.90 Å². The van der Waals surface area contributed by atoms with Crippen molar-refractivity contribution in [3.63, 3.8) is 0 Å². The van der Waals surface area contributed by atoms with Gasteiger partial charge in [0.2, 0.25) is 6.10 Å². The van der Waals surface area contributed by atoms with Crippen molar-refractivity contribution in [1.29, 1.82) is 0 Å². The molecule has 3 aromatic carbocycles. The first-order valence-electron chi connectivity index (χ1n) is 12.4. The molecule has 0 aliphatic carbocycles. The maximum Gasteiger partial charge on any atom is 0.351 e. The summed E-state index contributed by atoms with van der Waals surface area (Å²) in [7, 11) is 1.35. The predicted octanol–water partition coefficient (Wildman–Crippen LogP) is 6.38. The minimum atomic E-state index is -0.892. The number of esters is 1. The molecule has 0 fully saturated rings. The molecule has 1 N–H and O–H groups in total. The van der Waals surface area contributed by atoms with Gasteiger partial charge in [0, 0.05) is 12.0 Å². The van der Waals surface area contributed by atoms with E-state index < -0.39 is 12.1 Å². The Morgan fingerprint density at radius 1 is 1.00 bits per heavy atom. The highest BCUT2D eigenvalue weighted by Gasteiger charge is 2.24. The fraction of sp³-hybridized carbons (Fsp3) is 0.267. The molecule has 37 heavy (non-hydrogen) atoms. The Labute approximate surface area is 222 Å². The van der Waals surface area contributed by atoms with Crippen LogP contribution in [-0.2, 0) is 29.1 Å². The van der Waals surface area contributed by atoms with E-state index in [1.807, 2.05) is 83.4 Å². The average molecular weight is 519 g/mol. The lowest BCUT2D eigenvalue weighted by atomic mass is 10.0. The van der Waals surface area contributed by atoms with Crippen LogP contribution in [0.5, 0.6) is 5.75 Å². The van der Waals surface area contributed by atoms with Crippen LogP contribution in [0.2, 0.25) is 5.15 Å². The lowest BCUT2D eigenvalue weighted by Crippen LogP contribution is -2.20. The van der Waals surface area contributed by atoms with Gasteiger partial charge >= 0.3 is 5.97 Å². The first-order chi connectivity index (χ1) is 18.0. The number of hydrogen-bond donors (Lipinski definition) is 1. The number of aromatic nitrogens is 2. The number of halogens is 1. The molecule has 1 heterocycles. The molecule has 4 aromatic rings. The molecule has 0 aliphatic rings. The van der Waals surface area contributed by atoms with Gasteiger partial charge in [-0.3, -0.25) is 0 Å². The van der Waals surface area contributed by atoms with E-state index in [2.05, 4.69) is 11.9 Å². The molecule has 4 rings (SSSR count). The summed E-state index contributed by atoms with van der Waals surface area (Å²) >= 11 is 6.49. The SMILES string of the molecule is CCCCc1nc(CO)c(Cl)n1Cc1ccc(OC(C(=O)OC)c2ccc(-c3ccccc3)cc2)cc1. The molecule has 0 radical (unpaired) electrons. The molecule has 7 heteroatoms. The van der Waals surface area contributed by atoms with Crippen molar-refractivity contribution in [2.75, 3.05) is 7.11 Å². The topological polar surface area (TPSA) is 73.6 Å². The van der Waals surface area contributed by atoms with Gasteiger partial charge < -0.3 is 19.1 Å². The molecular formula is C30H31ClN2O4. The molecule has 192 valence electrons. The molecule has 0 bridgehead atoms. The smallest absolute Gasteiger partial charge is 0.351 e. The second kappa shape index (κ2) is 12.6. The van der Waals surface area contributed by atoms with Gasteiger partial charge in [0.05, 0.1) is 20.3 Å². The molecule has 1 atom stereocenters. The van der Waals surface area contributed by atoms with E-state index in [4.69, 9.17) is 21.1 Å². The quantitative estimate of drug-likeness (QED) is 0.233. The molecule has 0 aliphatic heterocycles. The number of aliphatic hydroxyl groups is 1. The van der Waals surface area contributed by atoms with Gasteiger partial charge in [0.1, 0.15) is 22.4 Å². The summed E-state index contributed by atoms with van der Waals surface area (Å²) in [5.74, 6) is 0.935. The van der Waals surface area contributed by atoms with Gasteiger partial charge in [-0.25, -0.2) is 9.78 Å². The minimum Gasteiger partial charge on any atom is -0.474 e. The van der Waals surface area contributed by atoms with E-state index in [1.54, 1.807) is 0 Å². The Bertz CT molecular complexity index is 1300. The number of aliphatic hydroxyl groups excluding tert-OH is 1. The summed E-state index contributed by atoms with van der Waals surface area (Å²) in [6, 6.07) is 25.3. The molecule has 1 unspecified atom stereocenters. The molecule has 0 spiro atoms. The molecule has 0 amide bonds. The maximum atomic E-state index is 12.6. The van der Waals surface area contributed by atoms with Crippen LogP contribution in [0.15, 0.2) is 78.9 Å². The highest BCUT2D eigenvalue weighted by atomic mass is 35.5. The number of benzene rings is 3. The third kappa shape index (κ3) is 6.40. The first kappa shape index (κ1) is 26.5. The third-order valence-corrected chi connectivity index (χ3v) is 6.63. The van der Waals surface area contributed by atoms with Crippen LogP contribution in [0.25, 0.3) is 11.1 Å². The second-order valence-electron chi connectivity index (χ2n) is 8.77. The van der Waals surface area contributed by atoms with Crippen molar-refractivity contribution in [2.45, 2.75) is 45.4 Å². The van der Waals surface area contributed by atoms with Crippen molar-refractivity contribution < 1.29 is 19.4 Å². The van der Waals surface area contributed by atoms with Gasteiger partial charge in [0.15, 0.2) is 0 Å². The van der Waals surface area contributed by atoms with Gasteiger partial charge in [0.25, 0.3) is 0 Å². The highest BCUT2D eigenvalue weighted by Crippen LogP contribution is 2.28. The second-order valence-corrected chi connectivity index (χ2v) is 9.12. The zero-order valence-corrected chi connectivity index (χ0v) is 21.8. The maximum absolute atomic E-state index is 12.6. The predicted molar refractivity (Wildman–Crippen MR) is 145 cm³/mol. The van der Waals surface area contributed by atoms with Crippen LogP contribution in [0.1, 0.15) is 48.5 Å². The van der Waals surface area contributed by atoms with Gasteiger partial charge in [-0.05, 0) is 35.2 Å². The molecule has 6 nitrogen and oxygen atoms in total. The Hall–Kier alpha value is -3.61. The number of carbonyl (C=O) groups is 1. The van der Waals surface area contributed by atoms with Crippen LogP contribution in [0.3, 0.4) is 0 Å². The normalized spacial score (nSPS) is 11.8. The lowest BCUT2D eigenvalue weighted by Gasteiger charge is -2.18. The van der Waals surface area contributed by atoms with Crippen molar-refractivity contribution in [3.05, 3.63) is 107 Å². The number of rotatable bonds is 11. The summed E-state index contributed by atoms with van der Waals surface area (Å²) in [5, 5.41) is 10.0. The molecule has 0 saturated heterocycles. The Balaban J connectivity index is 1.50. The number of hydrogen-bond acceptors (Lipinski definition) is 5. The van der Waals surface area contributed by atoms with Crippen LogP contribution in [0.4, 0.5) is 0 Å². The number of imidazole rings is 1. The first-order valence-corrected chi connectivity index (χ1v) is 12.7. The van der Waals surface area contributed by atoms with Gasteiger partial charge in [-0.1, -0.05) is 91.7 Å². The Kier molecular flexibility index (Phi) is 8.99. The summed E-state index contributed by atoms with van der Waals surface area (Å²) in [4.78, 5) is 17.1. The zero-order valence-electron chi connectivity index (χ0n) is 21.1. The Morgan fingerprint density at radius 3 is 2.30 bits per heavy atom. The van der Waals surface area contributed by atoms with Crippen molar-refractivity contribution >= 4 is 17.6 Å². The number of unbranched alkanes of at least 4 members (excludes halogenated alkanes) is 1. The van der Waals surface area contributed by atoms with E-state index >= 15 is 0 Å². The summed E-state index contributed by atoms with van der Waals surface area (Å²) in [6.45, 7) is 2.45. The van der Waals surface area contributed by atoms with Crippen LogP contribution < -0.4 is 4.74 Å². The van der Waals surface area contributed by atoms with Crippen LogP contribution in [-0.4, -0.2) is 27.7 Å². The lowest BCUT2D eigenvalue weighted by molar-refractivity contribution is -0.149. The van der Waals surface area contributed by atoms with Gasteiger partial charge in [-0.2, -0.15) is 0 Å². The molecule has 1 aromatic heterocycles. The largest absolute Gasteiger partial charge is 0.474 e. The monoisotopic (exact) mass is 518 g/mol. The minimum absolute atomic E-state index is 0.195. The average Bonchev–Trinajstić information content (AvgIpc) is 3.25. The number of ether oxygens (including phenoxy) is 2. The molecule has 0 saturated carbocycles. The number of carbonyl (C=O) groups excluding carboxylic acids is 1. The van der Waals surface area contributed by atoms with E-state index in [0.29, 0.717) is 28.7 Å². The van der Waals surface area contributed by atoms with Crippen LogP contribution >= 0.6 is 11.6 Å². The summed E-state index contributed by atoms with van der Waals surface area (Å²) in [6.07, 6.45) is 1.94. The van der Waals surface area contributed by atoms with E-state index in [-0.39, 0.29) is 6.61 Å². The number of nitrogens with zero attached hydrogens (tertiary/aromatic N) is 2. The number of methoxy groups -OCH3 is 1. The fourth-order valence-corrected chi connectivity index (χ4v) is 4.41. The van der Waals surface area contributed by atoms with Gasteiger partial charge in [-0.15, -0.1) is 0 Å². The van der Waals surface area contributed by atoms with Crippen molar-refractivity contribution in [1.82, 2.24) is 9.55 Å². The third-order valence-electron chi connectivity index (χ3n) is 6.21. The zero-order chi connectivity index (χ0) is 26.2. The number of aryl methyl sites for hydroxylation is 1.